The van der Waals surface area contributed by atoms with E-state index < -0.39 is 0 Å². The molecule has 0 saturated heterocycles. The molecule has 0 aliphatic rings. The highest BCUT2D eigenvalue weighted by atomic mass is 79.9. The average Bonchev–Trinajstić information content (AvgIpc) is 2.41. The minimum atomic E-state index is -0.384. The fourth-order valence-electron chi connectivity index (χ4n) is 1.64. The fraction of sp³-hybridized carbons (Fsp3) is 0.133. The number of benzene rings is 2. The molecule has 0 heterocycles. The Balaban J connectivity index is 1.96. The number of carbonyl (C=O) groups is 1. The largest absolute Gasteiger partial charge is 0.483 e. The van der Waals surface area contributed by atoms with Gasteiger partial charge in [0.25, 0.3) is 5.91 Å². The molecule has 6 heteroatoms. The molecule has 1 N–H and O–H groups in total. The molecular formula is C15H12BrClFNO2. The number of rotatable bonds is 4. The summed E-state index contributed by atoms with van der Waals surface area (Å²) in [5.74, 6) is -0.344. The molecule has 0 radical (unpaired) electrons. The number of nitrogens with one attached hydrogen (secondary N) is 1. The van der Waals surface area contributed by atoms with Gasteiger partial charge in [-0.15, -0.1) is 0 Å². The average molecular weight is 373 g/mol. The van der Waals surface area contributed by atoms with Crippen LogP contribution in [0.15, 0.2) is 40.9 Å². The summed E-state index contributed by atoms with van der Waals surface area (Å²) in [6, 6.07) is 9.31. The number of amides is 1. The third kappa shape index (κ3) is 4.44. The van der Waals surface area contributed by atoms with Crippen LogP contribution in [0.4, 0.5) is 10.1 Å². The van der Waals surface area contributed by atoms with Crippen molar-refractivity contribution in [1.29, 1.82) is 0 Å². The number of carbonyl (C=O) groups excluding carboxylic acids is 1. The summed E-state index contributed by atoms with van der Waals surface area (Å²) in [5.41, 5.74) is 1.53. The molecule has 0 aliphatic carbocycles. The number of hydrogen-bond acceptors (Lipinski definition) is 2. The van der Waals surface area contributed by atoms with Crippen molar-refractivity contribution in [3.8, 4) is 5.75 Å². The summed E-state index contributed by atoms with van der Waals surface area (Å²) in [6.07, 6.45) is 0. The van der Waals surface area contributed by atoms with Crippen LogP contribution in [0.2, 0.25) is 5.02 Å². The van der Waals surface area contributed by atoms with Gasteiger partial charge in [-0.1, -0.05) is 17.7 Å². The van der Waals surface area contributed by atoms with Crippen molar-refractivity contribution in [3.05, 3.63) is 57.3 Å². The third-order valence-corrected chi connectivity index (χ3v) is 3.58. The Morgan fingerprint density at radius 2 is 2.10 bits per heavy atom. The lowest BCUT2D eigenvalue weighted by atomic mass is 10.2. The molecule has 21 heavy (non-hydrogen) atoms. The van der Waals surface area contributed by atoms with E-state index in [-0.39, 0.29) is 18.3 Å². The molecule has 0 unspecified atom stereocenters. The number of anilines is 1. The number of halogens is 3. The van der Waals surface area contributed by atoms with Crippen molar-refractivity contribution in [3.63, 3.8) is 0 Å². The van der Waals surface area contributed by atoms with E-state index >= 15 is 0 Å². The fourth-order valence-corrected chi connectivity index (χ4v) is 2.39. The molecule has 0 atom stereocenters. The smallest absolute Gasteiger partial charge is 0.262 e. The molecule has 3 nitrogen and oxygen atoms in total. The first-order valence-corrected chi connectivity index (χ1v) is 7.26. The molecule has 2 aromatic carbocycles. The van der Waals surface area contributed by atoms with Gasteiger partial charge in [0, 0.05) is 0 Å². The lowest BCUT2D eigenvalue weighted by Gasteiger charge is -2.10. The zero-order valence-corrected chi connectivity index (χ0v) is 13.5. The quantitative estimate of drug-likeness (QED) is 0.854. The van der Waals surface area contributed by atoms with E-state index in [2.05, 4.69) is 21.2 Å². The van der Waals surface area contributed by atoms with Crippen LogP contribution in [-0.4, -0.2) is 12.5 Å². The lowest BCUT2D eigenvalue weighted by molar-refractivity contribution is -0.118. The van der Waals surface area contributed by atoms with Crippen LogP contribution in [-0.2, 0) is 4.79 Å². The maximum atomic E-state index is 12.9. The molecule has 0 bridgehead atoms. The summed E-state index contributed by atoms with van der Waals surface area (Å²) in [4.78, 5) is 11.8. The van der Waals surface area contributed by atoms with Crippen molar-refractivity contribution >= 4 is 39.1 Å². The van der Waals surface area contributed by atoms with Gasteiger partial charge in [0.15, 0.2) is 6.61 Å². The van der Waals surface area contributed by atoms with Crippen LogP contribution in [0.5, 0.6) is 5.75 Å². The topological polar surface area (TPSA) is 38.3 Å². The minimum absolute atomic E-state index is 0.200. The predicted molar refractivity (Wildman–Crippen MR) is 84.4 cm³/mol. The monoisotopic (exact) mass is 371 g/mol. The van der Waals surface area contributed by atoms with E-state index in [4.69, 9.17) is 16.3 Å². The number of ether oxygens (including phenoxy) is 1. The molecule has 0 spiro atoms. The second-order valence-electron chi connectivity index (χ2n) is 4.39. The van der Waals surface area contributed by atoms with Gasteiger partial charge < -0.3 is 10.1 Å². The summed E-state index contributed by atoms with van der Waals surface area (Å²) < 4.78 is 18.7. The molecule has 110 valence electrons. The first-order chi connectivity index (χ1) is 9.95. The van der Waals surface area contributed by atoms with Gasteiger partial charge in [-0.05, 0) is 58.7 Å². The third-order valence-electron chi connectivity index (χ3n) is 2.65. The van der Waals surface area contributed by atoms with E-state index in [1.165, 1.54) is 18.2 Å². The second kappa shape index (κ2) is 6.91. The minimum Gasteiger partial charge on any atom is -0.483 e. The van der Waals surface area contributed by atoms with Gasteiger partial charge in [-0.3, -0.25) is 4.79 Å². The highest BCUT2D eigenvalue weighted by Gasteiger charge is 2.09. The maximum absolute atomic E-state index is 12.9. The molecule has 0 aromatic heterocycles. The van der Waals surface area contributed by atoms with Crippen LogP contribution in [0.25, 0.3) is 0 Å². The van der Waals surface area contributed by atoms with Gasteiger partial charge in [-0.2, -0.15) is 0 Å². The van der Waals surface area contributed by atoms with E-state index in [0.717, 1.165) is 5.56 Å². The second-order valence-corrected chi connectivity index (χ2v) is 5.66. The van der Waals surface area contributed by atoms with E-state index in [1.807, 2.05) is 13.0 Å². The summed E-state index contributed by atoms with van der Waals surface area (Å²) >= 11 is 9.19. The Morgan fingerprint density at radius 1 is 1.33 bits per heavy atom. The molecule has 0 fully saturated rings. The van der Waals surface area contributed by atoms with Crippen molar-refractivity contribution in [2.75, 3.05) is 11.9 Å². The normalized spacial score (nSPS) is 10.3. The predicted octanol–water partition coefficient (Wildman–Crippen LogP) is 4.57. The van der Waals surface area contributed by atoms with E-state index in [1.54, 1.807) is 12.1 Å². The SMILES string of the molecule is Cc1ccc(NC(=O)COc2ccc(F)cc2Br)c(Cl)c1. The van der Waals surface area contributed by atoms with Gasteiger partial charge >= 0.3 is 0 Å². The number of aryl methyl sites for hydroxylation is 1. The molecular weight excluding hydrogens is 361 g/mol. The highest BCUT2D eigenvalue weighted by molar-refractivity contribution is 9.10. The van der Waals surface area contributed by atoms with E-state index in [0.29, 0.717) is 20.9 Å². The lowest BCUT2D eigenvalue weighted by Crippen LogP contribution is -2.20. The summed E-state index contributed by atoms with van der Waals surface area (Å²) in [6.45, 7) is 1.71. The standard InChI is InChI=1S/C15H12BrClFNO2/c1-9-2-4-13(12(17)6-9)19-15(20)8-21-14-5-3-10(18)7-11(14)16/h2-7H,8H2,1H3,(H,19,20). The Bertz CT molecular complexity index is 679. The molecule has 2 rings (SSSR count). The number of hydrogen-bond donors (Lipinski definition) is 1. The van der Waals surface area contributed by atoms with Crippen LogP contribution in [0.1, 0.15) is 5.56 Å². The first kappa shape index (κ1) is 15.8. The van der Waals surface area contributed by atoms with Crippen LogP contribution < -0.4 is 10.1 Å². The van der Waals surface area contributed by atoms with Crippen LogP contribution in [0, 0.1) is 12.7 Å². The summed E-state index contributed by atoms with van der Waals surface area (Å²) in [5, 5.41) is 3.12. The van der Waals surface area contributed by atoms with Crippen LogP contribution >= 0.6 is 27.5 Å². The highest BCUT2D eigenvalue weighted by Crippen LogP contribution is 2.26. The Kier molecular flexibility index (Phi) is 5.20. The Morgan fingerprint density at radius 3 is 2.76 bits per heavy atom. The van der Waals surface area contributed by atoms with Crippen LogP contribution in [0.3, 0.4) is 0 Å². The van der Waals surface area contributed by atoms with E-state index in [9.17, 15) is 9.18 Å². The van der Waals surface area contributed by atoms with Crippen molar-refractivity contribution < 1.29 is 13.9 Å². The molecule has 0 saturated carbocycles. The zero-order valence-electron chi connectivity index (χ0n) is 11.1. The summed E-state index contributed by atoms with van der Waals surface area (Å²) in [7, 11) is 0. The molecule has 0 aliphatic heterocycles. The van der Waals surface area contributed by atoms with Gasteiger partial charge in [0.05, 0.1) is 15.2 Å². The first-order valence-electron chi connectivity index (χ1n) is 6.09. The van der Waals surface area contributed by atoms with Gasteiger partial charge in [-0.25, -0.2) is 4.39 Å². The van der Waals surface area contributed by atoms with Crippen molar-refractivity contribution in [1.82, 2.24) is 0 Å². The zero-order chi connectivity index (χ0) is 15.4. The van der Waals surface area contributed by atoms with Crippen molar-refractivity contribution in [2.24, 2.45) is 0 Å². The van der Waals surface area contributed by atoms with Gasteiger partial charge in [0.1, 0.15) is 11.6 Å². The Hall–Kier alpha value is -1.59. The molecule has 2 aromatic rings. The maximum Gasteiger partial charge on any atom is 0.262 e. The van der Waals surface area contributed by atoms with Crippen molar-refractivity contribution in [2.45, 2.75) is 6.92 Å². The Labute approximate surface area is 135 Å². The van der Waals surface area contributed by atoms with Gasteiger partial charge in [0.2, 0.25) is 0 Å². The molecule has 1 amide bonds.